The van der Waals surface area contributed by atoms with Gasteiger partial charge in [0.25, 0.3) is 0 Å². The highest BCUT2D eigenvalue weighted by Gasteiger charge is 1.84. The number of nitrogens with zero attached hydrogens (tertiary/aromatic N) is 2. The number of hydrazone groups is 1. The Kier molecular flexibility index (Phi) is 2.84. The van der Waals surface area contributed by atoms with E-state index in [1.54, 1.807) is 6.21 Å². The fraction of sp³-hybridized carbons (Fsp3) is 0. The van der Waals surface area contributed by atoms with E-state index < -0.39 is 0 Å². The zero-order valence-corrected chi connectivity index (χ0v) is 6.51. The van der Waals surface area contributed by atoms with Crippen molar-refractivity contribution in [3.8, 4) is 0 Å². The number of guanidine groups is 1. The summed E-state index contributed by atoms with van der Waals surface area (Å²) in [6.45, 7) is 0. The third-order valence-electron chi connectivity index (χ3n) is 1.28. The van der Waals surface area contributed by atoms with Crippen molar-refractivity contribution < 1.29 is 0 Å². The Morgan fingerprint density at radius 3 is 2.50 bits per heavy atom. The summed E-state index contributed by atoms with van der Waals surface area (Å²) in [4.78, 5) is 3.79. The lowest BCUT2D eigenvalue weighted by Crippen LogP contribution is -2.10. The summed E-state index contributed by atoms with van der Waals surface area (Å²) in [5, 5.41) is 3.20. The van der Waals surface area contributed by atoms with Crippen LogP contribution in [-0.2, 0) is 0 Å². The first kappa shape index (κ1) is 8.26. The molecular weight excluding hydrogens is 152 g/mol. The molecule has 0 atom stereocenters. The molecule has 0 aliphatic rings. The van der Waals surface area contributed by atoms with Gasteiger partial charge in [0.15, 0.2) is 0 Å². The summed E-state index contributed by atoms with van der Waals surface area (Å²) in [5.74, 6) is 4.95. The van der Waals surface area contributed by atoms with Gasteiger partial charge >= 0.3 is 0 Å². The van der Waals surface area contributed by atoms with Gasteiger partial charge in [-0.15, -0.1) is 5.10 Å². The van der Waals surface area contributed by atoms with Crippen LogP contribution in [0.15, 0.2) is 40.4 Å². The summed E-state index contributed by atoms with van der Waals surface area (Å²) in [7, 11) is 0. The van der Waals surface area contributed by atoms with Gasteiger partial charge in [0, 0.05) is 6.21 Å². The molecule has 0 heterocycles. The van der Waals surface area contributed by atoms with E-state index in [4.69, 9.17) is 11.6 Å². The quantitative estimate of drug-likeness (QED) is 0.269. The van der Waals surface area contributed by atoms with Crippen LogP contribution in [0, 0.1) is 0 Å². The number of hydrogen-bond donors (Lipinski definition) is 2. The van der Waals surface area contributed by atoms with Crippen LogP contribution in [0.5, 0.6) is 0 Å². The van der Waals surface area contributed by atoms with E-state index in [0.29, 0.717) is 0 Å². The first-order chi connectivity index (χ1) is 5.83. The van der Waals surface area contributed by atoms with Gasteiger partial charge in [-0.25, -0.2) is 4.99 Å². The van der Waals surface area contributed by atoms with Crippen molar-refractivity contribution in [1.29, 1.82) is 0 Å². The topological polar surface area (TPSA) is 76.8 Å². The second-order valence-electron chi connectivity index (χ2n) is 2.16. The Hall–Kier alpha value is -1.84. The Bertz CT molecular complexity index is 289. The minimum Gasteiger partial charge on any atom is -0.367 e. The predicted octanol–water partition coefficient (Wildman–Crippen LogP) is 0.294. The standard InChI is InChI=1S/C8H10N4/c9-8(12-10)11-6-7-4-2-1-3-5-7/h1-6H,10H2,(H2,9,12)/b11-6+. The molecule has 0 saturated heterocycles. The zero-order valence-electron chi connectivity index (χ0n) is 6.51. The van der Waals surface area contributed by atoms with Crippen LogP contribution in [0.25, 0.3) is 0 Å². The van der Waals surface area contributed by atoms with Crippen LogP contribution in [0.4, 0.5) is 0 Å². The number of hydrogen-bond acceptors (Lipinski definition) is 2. The lowest BCUT2D eigenvalue weighted by Gasteiger charge is -1.90. The van der Waals surface area contributed by atoms with Crippen molar-refractivity contribution in [3.05, 3.63) is 35.9 Å². The number of nitrogens with two attached hydrogens (primary N) is 2. The smallest absolute Gasteiger partial charge is 0.236 e. The van der Waals surface area contributed by atoms with Gasteiger partial charge in [0.2, 0.25) is 5.96 Å². The molecule has 0 amide bonds. The highest BCUT2D eigenvalue weighted by Crippen LogP contribution is 1.93. The van der Waals surface area contributed by atoms with Crippen molar-refractivity contribution >= 4 is 12.2 Å². The van der Waals surface area contributed by atoms with Gasteiger partial charge < -0.3 is 11.6 Å². The molecule has 0 saturated carbocycles. The Morgan fingerprint density at radius 1 is 1.25 bits per heavy atom. The van der Waals surface area contributed by atoms with Gasteiger partial charge in [-0.3, -0.25) is 0 Å². The van der Waals surface area contributed by atoms with Crippen LogP contribution in [0.2, 0.25) is 0 Å². The number of aliphatic imine (C=N–C) groups is 1. The number of rotatable bonds is 1. The molecule has 4 nitrogen and oxygen atoms in total. The molecule has 0 bridgehead atoms. The van der Waals surface area contributed by atoms with Crippen LogP contribution >= 0.6 is 0 Å². The zero-order chi connectivity index (χ0) is 8.81. The normalized spacial score (nSPS) is 12.2. The van der Waals surface area contributed by atoms with Crippen LogP contribution in [-0.4, -0.2) is 12.2 Å². The first-order valence-electron chi connectivity index (χ1n) is 3.45. The average molecular weight is 162 g/mol. The summed E-state index contributed by atoms with van der Waals surface area (Å²) in [5.41, 5.74) is 6.21. The lowest BCUT2D eigenvalue weighted by atomic mass is 10.2. The van der Waals surface area contributed by atoms with E-state index in [0.717, 1.165) is 5.56 Å². The predicted molar refractivity (Wildman–Crippen MR) is 49.8 cm³/mol. The van der Waals surface area contributed by atoms with Crippen molar-refractivity contribution in [2.45, 2.75) is 0 Å². The summed E-state index contributed by atoms with van der Waals surface area (Å²) in [6, 6.07) is 9.58. The minimum absolute atomic E-state index is 0.0684. The number of benzene rings is 1. The van der Waals surface area contributed by atoms with E-state index in [2.05, 4.69) is 10.1 Å². The Balaban J connectivity index is 2.70. The largest absolute Gasteiger partial charge is 0.367 e. The molecule has 1 aromatic carbocycles. The van der Waals surface area contributed by atoms with Gasteiger partial charge in [0.1, 0.15) is 0 Å². The second kappa shape index (κ2) is 4.12. The van der Waals surface area contributed by atoms with E-state index in [1.807, 2.05) is 30.3 Å². The maximum absolute atomic E-state index is 5.25. The molecule has 1 aromatic rings. The van der Waals surface area contributed by atoms with E-state index in [-0.39, 0.29) is 5.96 Å². The van der Waals surface area contributed by atoms with Crippen molar-refractivity contribution in [1.82, 2.24) is 0 Å². The molecule has 0 aliphatic heterocycles. The van der Waals surface area contributed by atoms with E-state index >= 15 is 0 Å². The van der Waals surface area contributed by atoms with E-state index in [1.165, 1.54) is 0 Å². The molecule has 0 unspecified atom stereocenters. The SMILES string of the molecule is N/N=C(N)/N=C/c1ccccc1. The Labute approximate surface area is 70.6 Å². The molecule has 0 aliphatic carbocycles. The van der Waals surface area contributed by atoms with Gasteiger partial charge in [-0.2, -0.15) is 0 Å². The fourth-order valence-electron chi connectivity index (χ4n) is 0.713. The average Bonchev–Trinajstić information content (AvgIpc) is 2.16. The summed E-state index contributed by atoms with van der Waals surface area (Å²) >= 11 is 0. The van der Waals surface area contributed by atoms with Crippen molar-refractivity contribution in [2.24, 2.45) is 21.7 Å². The molecule has 1 rings (SSSR count). The van der Waals surface area contributed by atoms with Gasteiger partial charge in [-0.1, -0.05) is 30.3 Å². The lowest BCUT2D eigenvalue weighted by molar-refractivity contribution is 1.21. The molecule has 0 radical (unpaired) electrons. The maximum Gasteiger partial charge on any atom is 0.236 e. The summed E-state index contributed by atoms with van der Waals surface area (Å²) in [6.07, 6.45) is 1.60. The third kappa shape index (κ3) is 2.42. The van der Waals surface area contributed by atoms with Gasteiger partial charge in [0.05, 0.1) is 0 Å². The van der Waals surface area contributed by atoms with Crippen LogP contribution in [0.1, 0.15) is 5.56 Å². The highest BCUT2D eigenvalue weighted by atomic mass is 15.2. The molecule has 12 heavy (non-hydrogen) atoms. The molecule has 0 fully saturated rings. The van der Waals surface area contributed by atoms with Gasteiger partial charge in [-0.05, 0) is 5.56 Å². The monoisotopic (exact) mass is 162 g/mol. The van der Waals surface area contributed by atoms with Crippen LogP contribution < -0.4 is 11.6 Å². The first-order valence-corrected chi connectivity index (χ1v) is 3.45. The Morgan fingerprint density at radius 2 is 1.92 bits per heavy atom. The maximum atomic E-state index is 5.25. The second-order valence-corrected chi connectivity index (χ2v) is 2.16. The molecular formula is C8H10N4. The highest BCUT2D eigenvalue weighted by molar-refractivity contribution is 5.92. The fourth-order valence-corrected chi connectivity index (χ4v) is 0.713. The van der Waals surface area contributed by atoms with E-state index in [9.17, 15) is 0 Å². The third-order valence-corrected chi connectivity index (χ3v) is 1.28. The van der Waals surface area contributed by atoms with Crippen LogP contribution in [0.3, 0.4) is 0 Å². The molecule has 4 heteroatoms. The molecule has 4 N–H and O–H groups in total. The molecule has 0 spiro atoms. The minimum atomic E-state index is 0.0684. The molecule has 62 valence electrons. The van der Waals surface area contributed by atoms with Crippen molar-refractivity contribution in [2.75, 3.05) is 0 Å². The summed E-state index contributed by atoms with van der Waals surface area (Å²) < 4.78 is 0. The molecule has 0 aromatic heterocycles. The van der Waals surface area contributed by atoms with Crippen molar-refractivity contribution in [3.63, 3.8) is 0 Å².